The van der Waals surface area contributed by atoms with E-state index in [-0.39, 0.29) is 22.6 Å². The normalized spacial score (nSPS) is 15.6. The molecule has 0 unspecified atom stereocenters. The minimum absolute atomic E-state index is 0.0717. The summed E-state index contributed by atoms with van der Waals surface area (Å²) in [5, 5.41) is 16.3. The van der Waals surface area contributed by atoms with Crippen LogP contribution in [0.2, 0.25) is 0 Å². The zero-order valence-corrected chi connectivity index (χ0v) is 16.2. The van der Waals surface area contributed by atoms with Gasteiger partial charge >= 0.3 is 12.1 Å². The van der Waals surface area contributed by atoms with Crippen molar-refractivity contribution in [1.29, 1.82) is 0 Å². The third-order valence-corrected chi connectivity index (χ3v) is 5.58. The fourth-order valence-electron chi connectivity index (χ4n) is 3.30. The SMILES string of the molecule is CS(=O)(=O)c1ccc(-n2nc(CC(F)(F)F)c(C(=O)O)c2NC2CCCC2)cn1. The van der Waals surface area contributed by atoms with Gasteiger partial charge in [0.2, 0.25) is 0 Å². The molecule has 1 aliphatic carbocycles. The van der Waals surface area contributed by atoms with Gasteiger partial charge in [0.25, 0.3) is 0 Å². The van der Waals surface area contributed by atoms with Crippen LogP contribution in [0.25, 0.3) is 5.69 Å². The first-order valence-corrected chi connectivity index (χ1v) is 10.7. The van der Waals surface area contributed by atoms with Crippen LogP contribution in [0.4, 0.5) is 19.0 Å². The lowest BCUT2D eigenvalue weighted by Crippen LogP contribution is -2.20. The lowest BCUT2D eigenvalue weighted by Gasteiger charge is -2.16. The van der Waals surface area contributed by atoms with E-state index in [2.05, 4.69) is 15.4 Å². The smallest absolute Gasteiger partial charge is 0.394 e. The summed E-state index contributed by atoms with van der Waals surface area (Å²) >= 11 is 0. The van der Waals surface area contributed by atoms with Crippen molar-refractivity contribution < 1.29 is 31.5 Å². The summed E-state index contributed by atoms with van der Waals surface area (Å²) in [6, 6.07) is 2.42. The van der Waals surface area contributed by atoms with Crippen LogP contribution in [0, 0.1) is 0 Å². The molecule has 0 saturated heterocycles. The zero-order chi connectivity index (χ0) is 21.4. The quantitative estimate of drug-likeness (QED) is 0.721. The molecule has 3 rings (SSSR count). The molecule has 1 saturated carbocycles. The molecule has 0 spiro atoms. The number of carboxylic acid groups (broad SMARTS) is 1. The number of halogens is 3. The summed E-state index contributed by atoms with van der Waals surface area (Å²) < 4.78 is 63.1. The largest absolute Gasteiger partial charge is 0.477 e. The van der Waals surface area contributed by atoms with Crippen LogP contribution in [0.15, 0.2) is 23.4 Å². The van der Waals surface area contributed by atoms with Gasteiger partial charge in [-0.1, -0.05) is 12.8 Å². The fraction of sp³-hybridized carbons (Fsp3) is 0.471. The summed E-state index contributed by atoms with van der Waals surface area (Å²) in [6.07, 6.45) is -0.689. The Kier molecular flexibility index (Phi) is 5.57. The maximum absolute atomic E-state index is 13.0. The van der Waals surface area contributed by atoms with Crippen LogP contribution in [0.1, 0.15) is 41.7 Å². The van der Waals surface area contributed by atoms with Gasteiger partial charge in [0.1, 0.15) is 11.4 Å². The molecule has 1 fully saturated rings. The second kappa shape index (κ2) is 7.65. The summed E-state index contributed by atoms with van der Waals surface area (Å²) in [7, 11) is -3.57. The van der Waals surface area contributed by atoms with E-state index in [1.807, 2.05) is 0 Å². The van der Waals surface area contributed by atoms with E-state index < -0.39 is 39.7 Å². The van der Waals surface area contributed by atoms with Crippen molar-refractivity contribution in [2.75, 3.05) is 11.6 Å². The maximum atomic E-state index is 13.0. The topological polar surface area (TPSA) is 114 Å². The lowest BCUT2D eigenvalue weighted by atomic mass is 10.1. The number of pyridine rings is 1. The van der Waals surface area contributed by atoms with E-state index in [1.54, 1.807) is 0 Å². The number of alkyl halides is 3. The molecule has 0 radical (unpaired) electrons. The van der Waals surface area contributed by atoms with Gasteiger partial charge in [-0.3, -0.25) is 0 Å². The molecule has 0 aromatic carbocycles. The number of carbonyl (C=O) groups is 1. The maximum Gasteiger partial charge on any atom is 0.394 e. The van der Waals surface area contributed by atoms with Gasteiger partial charge in [0.05, 0.1) is 24.0 Å². The van der Waals surface area contributed by atoms with Gasteiger partial charge in [0, 0.05) is 12.3 Å². The number of aromatic carboxylic acids is 1. The Morgan fingerprint density at radius 2 is 1.97 bits per heavy atom. The minimum Gasteiger partial charge on any atom is -0.477 e. The number of sulfone groups is 1. The van der Waals surface area contributed by atoms with E-state index in [1.165, 1.54) is 12.1 Å². The molecule has 158 valence electrons. The number of carboxylic acids is 1. The van der Waals surface area contributed by atoms with E-state index >= 15 is 0 Å². The molecule has 29 heavy (non-hydrogen) atoms. The number of rotatable bonds is 6. The second-order valence-electron chi connectivity index (χ2n) is 6.93. The van der Waals surface area contributed by atoms with Crippen LogP contribution < -0.4 is 5.32 Å². The van der Waals surface area contributed by atoms with E-state index in [4.69, 9.17) is 0 Å². The molecular weight excluding hydrogens is 413 g/mol. The Morgan fingerprint density at radius 1 is 1.31 bits per heavy atom. The third-order valence-electron chi connectivity index (χ3n) is 4.58. The van der Waals surface area contributed by atoms with Crippen molar-refractivity contribution in [2.45, 2.75) is 49.3 Å². The highest BCUT2D eigenvalue weighted by atomic mass is 32.2. The van der Waals surface area contributed by atoms with Gasteiger partial charge in [0.15, 0.2) is 14.9 Å². The van der Waals surface area contributed by atoms with Crippen molar-refractivity contribution >= 4 is 21.6 Å². The van der Waals surface area contributed by atoms with Crippen molar-refractivity contribution in [3.8, 4) is 5.69 Å². The Bertz CT molecular complexity index is 1010. The van der Waals surface area contributed by atoms with Gasteiger partial charge in [-0.25, -0.2) is 22.9 Å². The number of aromatic nitrogens is 3. The van der Waals surface area contributed by atoms with Crippen molar-refractivity contribution in [3.05, 3.63) is 29.6 Å². The summed E-state index contributed by atoms with van der Waals surface area (Å²) in [4.78, 5) is 15.6. The molecule has 0 amide bonds. The average molecular weight is 432 g/mol. The first kappa shape index (κ1) is 21.1. The number of nitrogens with zero attached hydrogens (tertiary/aromatic N) is 3. The minimum atomic E-state index is -4.65. The highest BCUT2D eigenvalue weighted by molar-refractivity contribution is 7.90. The first-order valence-electron chi connectivity index (χ1n) is 8.80. The molecule has 2 aromatic rings. The molecule has 0 atom stereocenters. The highest BCUT2D eigenvalue weighted by Gasteiger charge is 2.35. The van der Waals surface area contributed by atoms with Crippen molar-refractivity contribution in [3.63, 3.8) is 0 Å². The lowest BCUT2D eigenvalue weighted by molar-refractivity contribution is -0.127. The van der Waals surface area contributed by atoms with Crippen LogP contribution >= 0.6 is 0 Å². The average Bonchev–Trinajstić information content (AvgIpc) is 3.21. The third kappa shape index (κ3) is 4.86. The van der Waals surface area contributed by atoms with E-state index in [0.29, 0.717) is 0 Å². The Labute approximate surface area is 164 Å². The highest BCUT2D eigenvalue weighted by Crippen LogP contribution is 2.32. The van der Waals surface area contributed by atoms with Gasteiger partial charge in [-0.05, 0) is 25.0 Å². The molecule has 2 N–H and O–H groups in total. The number of hydrogen-bond acceptors (Lipinski definition) is 6. The summed E-state index contributed by atoms with van der Waals surface area (Å²) in [5.74, 6) is -1.60. The van der Waals surface area contributed by atoms with Crippen LogP contribution in [-0.4, -0.2) is 52.7 Å². The predicted molar refractivity (Wildman–Crippen MR) is 97.1 cm³/mol. The zero-order valence-electron chi connectivity index (χ0n) is 15.4. The van der Waals surface area contributed by atoms with Crippen molar-refractivity contribution in [1.82, 2.24) is 14.8 Å². The molecule has 2 heterocycles. The van der Waals surface area contributed by atoms with E-state index in [0.717, 1.165) is 42.8 Å². The Hall–Kier alpha value is -2.63. The molecule has 0 aliphatic heterocycles. The fourth-order valence-corrected chi connectivity index (χ4v) is 3.86. The second-order valence-corrected chi connectivity index (χ2v) is 8.89. The Morgan fingerprint density at radius 3 is 2.45 bits per heavy atom. The molecule has 1 aliphatic rings. The number of hydrogen-bond donors (Lipinski definition) is 2. The van der Waals surface area contributed by atoms with Gasteiger partial charge in [-0.15, -0.1) is 0 Å². The molecule has 2 aromatic heterocycles. The predicted octanol–water partition coefficient (Wildman–Crippen LogP) is 2.83. The Balaban J connectivity index is 2.12. The van der Waals surface area contributed by atoms with Crippen LogP contribution in [0.3, 0.4) is 0 Å². The summed E-state index contributed by atoms with van der Waals surface area (Å²) in [5.41, 5.74) is -1.03. The summed E-state index contributed by atoms with van der Waals surface area (Å²) in [6.45, 7) is 0. The molecular formula is C17H19F3N4O4S. The van der Waals surface area contributed by atoms with Gasteiger partial charge < -0.3 is 10.4 Å². The van der Waals surface area contributed by atoms with Crippen LogP contribution in [0.5, 0.6) is 0 Å². The number of anilines is 1. The van der Waals surface area contributed by atoms with Gasteiger partial charge in [-0.2, -0.15) is 18.3 Å². The molecule has 12 heteroatoms. The monoisotopic (exact) mass is 432 g/mol. The van der Waals surface area contributed by atoms with Crippen LogP contribution in [-0.2, 0) is 16.3 Å². The van der Waals surface area contributed by atoms with Crippen molar-refractivity contribution in [2.24, 2.45) is 0 Å². The van der Waals surface area contributed by atoms with E-state index in [9.17, 15) is 31.5 Å². The molecule has 8 nitrogen and oxygen atoms in total. The first-order chi connectivity index (χ1) is 13.5. The standard InChI is InChI=1S/C17H19F3N4O4S/c1-29(27,28)13-7-6-11(9-21-13)24-15(22-10-4-2-3-5-10)14(16(25)26)12(23-24)8-17(18,19)20/h6-7,9-10,22H,2-5,8H2,1H3,(H,25,26). The number of nitrogens with one attached hydrogen (secondary N) is 1. The molecule has 0 bridgehead atoms.